The summed E-state index contributed by atoms with van der Waals surface area (Å²) in [5.74, 6) is -0.720. The van der Waals surface area contributed by atoms with E-state index in [1.54, 1.807) is 36.4 Å². The third-order valence-corrected chi connectivity index (χ3v) is 6.30. The highest BCUT2D eigenvalue weighted by Crippen LogP contribution is 2.26. The van der Waals surface area contributed by atoms with Crippen LogP contribution in [0.2, 0.25) is 0 Å². The van der Waals surface area contributed by atoms with Gasteiger partial charge in [0.2, 0.25) is 0 Å². The molecule has 0 aliphatic rings. The summed E-state index contributed by atoms with van der Waals surface area (Å²) >= 11 is 6.04. The lowest BCUT2D eigenvalue weighted by atomic mass is 10.0. The van der Waals surface area contributed by atoms with Gasteiger partial charge in [0.1, 0.15) is 22.7 Å². The molecule has 0 spiro atoms. The zero-order chi connectivity index (χ0) is 25.4. The van der Waals surface area contributed by atoms with Crippen LogP contribution in [0.1, 0.15) is 56.0 Å². The van der Waals surface area contributed by atoms with Gasteiger partial charge in [0.05, 0.1) is 5.56 Å². The molecular weight excluding hydrogens is 467 g/mol. The van der Waals surface area contributed by atoms with Crippen LogP contribution in [-0.2, 0) is 11.2 Å². The Bertz CT molecular complexity index is 1140. The summed E-state index contributed by atoms with van der Waals surface area (Å²) in [6.07, 6.45) is 3.69. The predicted octanol–water partition coefficient (Wildman–Crippen LogP) is 7.61. The molecule has 3 aromatic carbocycles. The predicted molar refractivity (Wildman–Crippen MR) is 137 cm³/mol. The summed E-state index contributed by atoms with van der Waals surface area (Å²) in [7, 11) is 0. The summed E-state index contributed by atoms with van der Waals surface area (Å²) in [4.78, 5) is 24.5. The van der Waals surface area contributed by atoms with Gasteiger partial charge in [0.25, 0.3) is 0 Å². The smallest absolute Gasteiger partial charge is 0.343 e. The number of unbranched alkanes of at least 4 members (excludes halogenated alkanes) is 2. The molecule has 0 radical (unpaired) electrons. The van der Waals surface area contributed by atoms with Gasteiger partial charge in [0.15, 0.2) is 0 Å². The molecule has 3 rings (SSSR count). The molecule has 0 saturated heterocycles. The first-order valence-electron chi connectivity index (χ1n) is 11.9. The molecule has 3 aromatic rings. The van der Waals surface area contributed by atoms with E-state index in [4.69, 9.17) is 21.1 Å². The minimum Gasteiger partial charge on any atom is -0.425 e. The van der Waals surface area contributed by atoms with Crippen LogP contribution in [0.4, 0.5) is 4.39 Å². The molecule has 0 aliphatic carbocycles. The highest BCUT2D eigenvalue weighted by atomic mass is 35.5. The number of rotatable bonds is 10. The monoisotopic (exact) mass is 496 g/mol. The van der Waals surface area contributed by atoms with Crippen LogP contribution in [0.25, 0.3) is 11.1 Å². The maximum Gasteiger partial charge on any atom is 0.343 e. The Labute approximate surface area is 211 Å². The van der Waals surface area contributed by atoms with Crippen LogP contribution in [0.15, 0.2) is 66.7 Å². The van der Waals surface area contributed by atoms with Crippen molar-refractivity contribution >= 4 is 23.5 Å². The molecule has 0 bridgehead atoms. The highest BCUT2D eigenvalue weighted by Gasteiger charge is 2.21. The summed E-state index contributed by atoms with van der Waals surface area (Å²) in [5.41, 5.74) is 2.58. The number of hydrogen-bond donors (Lipinski definition) is 0. The zero-order valence-electron chi connectivity index (χ0n) is 20.2. The van der Waals surface area contributed by atoms with Crippen molar-refractivity contribution in [1.82, 2.24) is 0 Å². The maximum absolute atomic E-state index is 14.3. The van der Waals surface area contributed by atoms with Gasteiger partial charge >= 0.3 is 11.9 Å². The molecule has 35 heavy (non-hydrogen) atoms. The number of benzene rings is 3. The Hall–Kier alpha value is -3.18. The number of alkyl halides is 1. The fourth-order valence-corrected chi connectivity index (χ4v) is 3.53. The van der Waals surface area contributed by atoms with Gasteiger partial charge in [-0.15, -0.1) is 11.6 Å². The van der Waals surface area contributed by atoms with Crippen LogP contribution in [-0.4, -0.2) is 17.3 Å². The van der Waals surface area contributed by atoms with E-state index in [9.17, 15) is 14.0 Å². The summed E-state index contributed by atoms with van der Waals surface area (Å²) in [6.45, 7) is 5.81. The van der Waals surface area contributed by atoms with Crippen molar-refractivity contribution in [1.29, 1.82) is 0 Å². The average molecular weight is 497 g/mol. The van der Waals surface area contributed by atoms with E-state index in [0.29, 0.717) is 23.5 Å². The third kappa shape index (κ3) is 7.40. The normalized spacial score (nSPS) is 11.8. The van der Waals surface area contributed by atoms with Gasteiger partial charge in [-0.2, -0.15) is 0 Å². The fourth-order valence-electron chi connectivity index (χ4n) is 3.48. The van der Waals surface area contributed by atoms with Crippen LogP contribution in [0, 0.1) is 11.7 Å². The number of carbonyl (C=O) groups excluding carboxylic acids is 2. The number of aryl methyl sites for hydroxylation is 1. The van der Waals surface area contributed by atoms with Gasteiger partial charge in [0, 0.05) is 0 Å². The van der Waals surface area contributed by atoms with Crippen molar-refractivity contribution in [3.05, 3.63) is 83.7 Å². The first-order chi connectivity index (χ1) is 16.8. The molecule has 184 valence electrons. The SMILES string of the molecule is CCCCCc1ccc(C(=O)Oc2ccc(-c3ccc(OC(=O)C(Cl)C(C)C)cc3)cc2)cc1F. The molecule has 1 atom stereocenters. The van der Waals surface area contributed by atoms with Gasteiger partial charge in [-0.3, -0.25) is 4.79 Å². The van der Waals surface area contributed by atoms with Crippen LogP contribution >= 0.6 is 11.6 Å². The molecule has 0 N–H and O–H groups in total. The largest absolute Gasteiger partial charge is 0.425 e. The Kier molecular flexibility index (Phi) is 9.44. The number of halogens is 2. The van der Waals surface area contributed by atoms with Gasteiger partial charge < -0.3 is 9.47 Å². The van der Waals surface area contributed by atoms with Gasteiger partial charge in [-0.1, -0.05) is 63.9 Å². The molecule has 0 aliphatic heterocycles. The minimum absolute atomic E-state index is 0.0232. The quantitative estimate of drug-likeness (QED) is 0.125. The molecular formula is C29H30ClFO4. The Morgan fingerprint density at radius 1 is 0.857 bits per heavy atom. The van der Waals surface area contributed by atoms with Crippen molar-refractivity contribution < 1.29 is 23.5 Å². The molecule has 1 unspecified atom stereocenters. The van der Waals surface area contributed by atoms with E-state index in [-0.39, 0.29) is 17.3 Å². The average Bonchev–Trinajstić information content (AvgIpc) is 2.85. The highest BCUT2D eigenvalue weighted by molar-refractivity contribution is 6.30. The number of hydrogen-bond acceptors (Lipinski definition) is 4. The molecule has 4 nitrogen and oxygen atoms in total. The number of carbonyl (C=O) groups is 2. The minimum atomic E-state index is -0.704. The zero-order valence-corrected chi connectivity index (χ0v) is 21.0. The number of ether oxygens (including phenoxy) is 2. The molecule has 0 saturated carbocycles. The van der Waals surface area contributed by atoms with Crippen molar-refractivity contribution in [3.8, 4) is 22.6 Å². The first-order valence-corrected chi connectivity index (χ1v) is 12.3. The van der Waals surface area contributed by atoms with E-state index >= 15 is 0 Å². The van der Waals surface area contributed by atoms with Crippen molar-refractivity contribution in [2.24, 2.45) is 5.92 Å². The summed E-state index contributed by atoms with van der Waals surface area (Å²) in [6, 6.07) is 18.5. The Morgan fingerprint density at radius 3 is 1.94 bits per heavy atom. The van der Waals surface area contributed by atoms with E-state index in [1.165, 1.54) is 6.07 Å². The second-order valence-electron chi connectivity index (χ2n) is 8.77. The Balaban J connectivity index is 1.60. The molecule has 0 fully saturated rings. The number of esters is 2. The summed E-state index contributed by atoms with van der Waals surface area (Å²) in [5, 5.41) is -0.704. The Morgan fingerprint density at radius 2 is 1.43 bits per heavy atom. The fraction of sp³-hybridized carbons (Fsp3) is 0.310. The molecule has 6 heteroatoms. The van der Waals surface area contributed by atoms with E-state index < -0.39 is 17.3 Å². The van der Waals surface area contributed by atoms with Crippen LogP contribution in [0.5, 0.6) is 11.5 Å². The van der Waals surface area contributed by atoms with Crippen LogP contribution in [0.3, 0.4) is 0 Å². The van der Waals surface area contributed by atoms with E-state index in [2.05, 4.69) is 6.92 Å². The van der Waals surface area contributed by atoms with E-state index in [1.807, 2.05) is 38.1 Å². The lowest BCUT2D eigenvalue weighted by Gasteiger charge is -2.12. The molecule has 0 aromatic heterocycles. The topological polar surface area (TPSA) is 52.6 Å². The lowest BCUT2D eigenvalue weighted by Crippen LogP contribution is -2.25. The van der Waals surface area contributed by atoms with Crippen LogP contribution < -0.4 is 9.47 Å². The maximum atomic E-state index is 14.3. The first kappa shape index (κ1) is 26.4. The van der Waals surface area contributed by atoms with Gasteiger partial charge in [-0.05, 0) is 71.8 Å². The van der Waals surface area contributed by atoms with Crippen molar-refractivity contribution in [3.63, 3.8) is 0 Å². The van der Waals surface area contributed by atoms with Gasteiger partial charge in [-0.25, -0.2) is 9.18 Å². The van der Waals surface area contributed by atoms with Crippen molar-refractivity contribution in [2.45, 2.75) is 51.8 Å². The van der Waals surface area contributed by atoms with Crippen molar-refractivity contribution in [2.75, 3.05) is 0 Å². The van der Waals surface area contributed by atoms with E-state index in [0.717, 1.165) is 30.4 Å². The molecule has 0 amide bonds. The second kappa shape index (κ2) is 12.5. The third-order valence-electron chi connectivity index (χ3n) is 5.62. The molecule has 0 heterocycles. The standard InChI is InChI=1S/C29H30ClFO4/c1-4-5-6-7-22-8-9-23(18-26(22)31)28(32)34-24-14-10-20(11-15-24)21-12-16-25(17-13-21)35-29(33)27(30)19(2)3/h8-19,27H,4-7H2,1-3H3. The summed E-state index contributed by atoms with van der Waals surface area (Å²) < 4.78 is 25.1. The second-order valence-corrected chi connectivity index (χ2v) is 9.24. The lowest BCUT2D eigenvalue weighted by molar-refractivity contribution is -0.134.